The van der Waals surface area contributed by atoms with Crippen LogP contribution in [0.15, 0.2) is 65.8 Å². The number of aromatic amines is 1. The number of thioether (sulfide) groups is 1. The van der Waals surface area contributed by atoms with E-state index in [1.165, 1.54) is 11.8 Å². The van der Waals surface area contributed by atoms with E-state index in [2.05, 4.69) is 15.2 Å². The summed E-state index contributed by atoms with van der Waals surface area (Å²) < 4.78 is 1.95. The fraction of sp³-hybridized carbons (Fsp3) is 0.250. The minimum Gasteiger partial charge on any atom is -0.368 e. The van der Waals surface area contributed by atoms with E-state index in [9.17, 15) is 9.59 Å². The summed E-state index contributed by atoms with van der Waals surface area (Å²) in [6, 6.07) is 19.4. The number of piperidine rings is 1. The van der Waals surface area contributed by atoms with Gasteiger partial charge in [0, 0.05) is 23.1 Å². The molecule has 8 nitrogen and oxygen atoms in total. The van der Waals surface area contributed by atoms with Crippen molar-refractivity contribution in [3.63, 3.8) is 0 Å². The first kappa shape index (κ1) is 21.3. The van der Waals surface area contributed by atoms with Gasteiger partial charge in [-0.15, -0.1) is 10.2 Å². The normalized spacial score (nSPS) is 16.2. The van der Waals surface area contributed by atoms with Gasteiger partial charge < -0.3 is 15.6 Å². The van der Waals surface area contributed by atoms with Crippen molar-refractivity contribution >= 4 is 34.5 Å². The van der Waals surface area contributed by atoms with Crippen LogP contribution in [0.3, 0.4) is 0 Å². The summed E-state index contributed by atoms with van der Waals surface area (Å²) in [5, 5.41) is 10.5. The number of benzene rings is 2. The van der Waals surface area contributed by atoms with E-state index in [-0.39, 0.29) is 11.7 Å². The van der Waals surface area contributed by atoms with Crippen molar-refractivity contribution in [1.29, 1.82) is 0 Å². The van der Waals surface area contributed by atoms with E-state index in [0.717, 1.165) is 35.1 Å². The number of hydrogen-bond donors (Lipinski definition) is 2. The van der Waals surface area contributed by atoms with Crippen LogP contribution in [0.2, 0.25) is 0 Å². The lowest BCUT2D eigenvalue weighted by Crippen LogP contribution is -2.51. The zero-order valence-electron chi connectivity index (χ0n) is 18.0. The van der Waals surface area contributed by atoms with Gasteiger partial charge in [-0.05, 0) is 43.5 Å². The minimum atomic E-state index is -0.527. The number of nitrogens with one attached hydrogen (secondary N) is 1. The Morgan fingerprint density at radius 1 is 1.06 bits per heavy atom. The molecule has 0 radical (unpaired) electrons. The summed E-state index contributed by atoms with van der Waals surface area (Å²) in [5.74, 6) is 0.266. The summed E-state index contributed by atoms with van der Waals surface area (Å²) in [4.78, 5) is 29.8. The molecule has 168 valence electrons. The third-order valence-electron chi connectivity index (χ3n) is 5.89. The molecule has 0 aliphatic carbocycles. The number of nitrogens with two attached hydrogens (primary N) is 1. The van der Waals surface area contributed by atoms with Gasteiger partial charge in [-0.25, -0.2) is 0 Å². The molecule has 2 aromatic heterocycles. The second kappa shape index (κ2) is 9.11. The molecule has 0 saturated carbocycles. The highest BCUT2D eigenvalue weighted by molar-refractivity contribution is 7.99. The fourth-order valence-electron chi connectivity index (χ4n) is 4.28. The number of likely N-dealkylation sites (tertiary alicyclic amines) is 1. The van der Waals surface area contributed by atoms with Crippen LogP contribution in [0.4, 0.5) is 0 Å². The first-order chi connectivity index (χ1) is 16.1. The molecule has 2 aromatic carbocycles. The van der Waals surface area contributed by atoms with Gasteiger partial charge in [0.2, 0.25) is 11.8 Å². The van der Waals surface area contributed by atoms with Gasteiger partial charge in [-0.2, -0.15) is 0 Å². The lowest BCUT2D eigenvalue weighted by molar-refractivity contribution is -0.138. The molecule has 0 spiro atoms. The molecule has 1 aliphatic rings. The standard InChI is InChI=1S/C24H24N6O2S/c25-22(32)20-12-6-7-13-29(20)21(31)15-33-24-28-27-23(30(24)17-9-2-1-3-10-17)19-14-16-8-4-5-11-18(16)26-19/h1-5,8-11,14,20,26H,6-7,12-13,15H2,(H2,25,32)/t20-/m0/s1. The Bertz CT molecular complexity index is 1270. The zero-order valence-corrected chi connectivity index (χ0v) is 18.8. The van der Waals surface area contributed by atoms with Gasteiger partial charge >= 0.3 is 0 Å². The first-order valence-electron chi connectivity index (χ1n) is 10.9. The van der Waals surface area contributed by atoms with Crippen molar-refractivity contribution in [3.05, 3.63) is 60.7 Å². The second-order valence-corrected chi connectivity index (χ2v) is 8.98. The van der Waals surface area contributed by atoms with Gasteiger partial charge in [0.05, 0.1) is 11.4 Å². The molecule has 0 bridgehead atoms. The van der Waals surface area contributed by atoms with Crippen LogP contribution >= 0.6 is 11.8 Å². The van der Waals surface area contributed by atoms with Gasteiger partial charge in [0.25, 0.3) is 0 Å². The van der Waals surface area contributed by atoms with Crippen LogP contribution in [0.25, 0.3) is 28.1 Å². The lowest BCUT2D eigenvalue weighted by Gasteiger charge is -2.33. The molecule has 3 heterocycles. The molecule has 2 amide bonds. The number of primary amides is 1. The number of nitrogens with zero attached hydrogens (tertiary/aromatic N) is 4. The molecule has 5 rings (SSSR count). The highest BCUT2D eigenvalue weighted by Crippen LogP contribution is 2.30. The molecule has 33 heavy (non-hydrogen) atoms. The zero-order chi connectivity index (χ0) is 22.8. The number of para-hydroxylation sites is 2. The number of hydrogen-bond acceptors (Lipinski definition) is 5. The molecular weight excluding hydrogens is 436 g/mol. The minimum absolute atomic E-state index is 0.113. The van der Waals surface area contributed by atoms with Crippen molar-refractivity contribution in [2.45, 2.75) is 30.5 Å². The summed E-state index contributed by atoms with van der Waals surface area (Å²) in [5.41, 5.74) is 8.29. The quantitative estimate of drug-likeness (QED) is 0.429. The Hall–Kier alpha value is -3.59. The number of fused-ring (bicyclic) bond motifs is 1. The summed E-state index contributed by atoms with van der Waals surface area (Å²) in [7, 11) is 0. The molecule has 1 atom stereocenters. The molecule has 0 unspecified atom stereocenters. The summed E-state index contributed by atoms with van der Waals surface area (Å²) in [6.45, 7) is 0.554. The molecular formula is C24H24N6O2S. The van der Waals surface area contributed by atoms with Crippen LogP contribution < -0.4 is 5.73 Å². The Morgan fingerprint density at radius 2 is 1.85 bits per heavy atom. The van der Waals surface area contributed by atoms with Crippen molar-refractivity contribution < 1.29 is 9.59 Å². The number of carbonyl (C=O) groups is 2. The Morgan fingerprint density at radius 3 is 2.64 bits per heavy atom. The topological polar surface area (TPSA) is 110 Å². The number of amides is 2. The van der Waals surface area contributed by atoms with Crippen LogP contribution in [-0.2, 0) is 9.59 Å². The molecule has 1 aliphatic heterocycles. The third-order valence-corrected chi connectivity index (χ3v) is 6.81. The van der Waals surface area contributed by atoms with Crippen molar-refractivity contribution in [1.82, 2.24) is 24.6 Å². The predicted molar refractivity (Wildman–Crippen MR) is 128 cm³/mol. The van der Waals surface area contributed by atoms with E-state index >= 15 is 0 Å². The SMILES string of the molecule is NC(=O)[C@@H]1CCCCN1C(=O)CSc1nnc(-c2cc3ccccc3[nH]2)n1-c1ccccc1. The number of H-pyrrole nitrogens is 1. The van der Waals surface area contributed by atoms with E-state index in [1.807, 2.05) is 65.2 Å². The Balaban J connectivity index is 1.45. The van der Waals surface area contributed by atoms with Crippen LogP contribution in [0.5, 0.6) is 0 Å². The van der Waals surface area contributed by atoms with Gasteiger partial charge in [0.15, 0.2) is 11.0 Å². The van der Waals surface area contributed by atoms with E-state index < -0.39 is 11.9 Å². The Labute approximate surface area is 195 Å². The van der Waals surface area contributed by atoms with E-state index in [0.29, 0.717) is 23.9 Å². The number of rotatable bonds is 6. The maximum Gasteiger partial charge on any atom is 0.240 e. The lowest BCUT2D eigenvalue weighted by atomic mass is 10.0. The molecule has 9 heteroatoms. The van der Waals surface area contributed by atoms with Gasteiger partial charge in [-0.1, -0.05) is 48.2 Å². The van der Waals surface area contributed by atoms with E-state index in [1.54, 1.807) is 4.90 Å². The van der Waals surface area contributed by atoms with Gasteiger partial charge in [0.1, 0.15) is 6.04 Å². The van der Waals surface area contributed by atoms with Crippen molar-refractivity contribution in [2.24, 2.45) is 5.73 Å². The number of carbonyl (C=O) groups excluding carboxylic acids is 2. The maximum absolute atomic E-state index is 13.0. The van der Waals surface area contributed by atoms with Crippen molar-refractivity contribution in [2.75, 3.05) is 12.3 Å². The van der Waals surface area contributed by atoms with Crippen LogP contribution in [0.1, 0.15) is 19.3 Å². The number of aromatic nitrogens is 4. The highest BCUT2D eigenvalue weighted by atomic mass is 32.2. The average Bonchev–Trinajstić information content (AvgIpc) is 3.47. The monoisotopic (exact) mass is 460 g/mol. The van der Waals surface area contributed by atoms with Crippen molar-refractivity contribution in [3.8, 4) is 17.2 Å². The molecule has 1 saturated heterocycles. The first-order valence-corrected chi connectivity index (χ1v) is 11.9. The maximum atomic E-state index is 13.0. The predicted octanol–water partition coefficient (Wildman–Crippen LogP) is 3.37. The summed E-state index contributed by atoms with van der Waals surface area (Å²) in [6.07, 6.45) is 2.40. The largest absolute Gasteiger partial charge is 0.368 e. The average molecular weight is 461 g/mol. The van der Waals surface area contributed by atoms with E-state index in [4.69, 9.17) is 5.73 Å². The van der Waals surface area contributed by atoms with Gasteiger partial charge in [-0.3, -0.25) is 14.2 Å². The summed E-state index contributed by atoms with van der Waals surface area (Å²) >= 11 is 1.31. The molecule has 4 aromatic rings. The molecule has 1 fully saturated rings. The van der Waals surface area contributed by atoms with Crippen LogP contribution in [-0.4, -0.2) is 54.8 Å². The second-order valence-electron chi connectivity index (χ2n) is 8.04. The highest BCUT2D eigenvalue weighted by Gasteiger charge is 2.31. The molecule has 3 N–H and O–H groups in total. The van der Waals surface area contributed by atoms with Crippen LogP contribution in [0, 0.1) is 0 Å². The third kappa shape index (κ3) is 4.23. The fourth-order valence-corrected chi connectivity index (χ4v) is 5.11. The smallest absolute Gasteiger partial charge is 0.240 e. The Kier molecular flexibility index (Phi) is 5.87.